The van der Waals surface area contributed by atoms with E-state index in [0.29, 0.717) is 0 Å². The SMILES string of the molecule is CC(NC(=O)c1ccn(COc2cc(F)ccc2[N+](=O)[O-])n1)c1cccc(-n2cccc2)c1. The highest BCUT2D eigenvalue weighted by molar-refractivity contribution is 5.92. The highest BCUT2D eigenvalue weighted by Crippen LogP contribution is 2.27. The van der Waals surface area contributed by atoms with Crippen molar-refractivity contribution >= 4 is 11.6 Å². The molecule has 2 heterocycles. The highest BCUT2D eigenvalue weighted by atomic mass is 19.1. The van der Waals surface area contributed by atoms with E-state index in [1.54, 1.807) is 0 Å². The number of nitro groups is 1. The van der Waals surface area contributed by atoms with E-state index in [2.05, 4.69) is 10.4 Å². The van der Waals surface area contributed by atoms with Gasteiger partial charge in [-0.2, -0.15) is 5.10 Å². The molecule has 168 valence electrons. The number of benzene rings is 2. The maximum absolute atomic E-state index is 13.4. The molecule has 0 saturated heterocycles. The molecule has 4 aromatic rings. The number of hydrogen-bond donors (Lipinski definition) is 1. The van der Waals surface area contributed by atoms with Crippen LogP contribution in [0.1, 0.15) is 29.0 Å². The summed E-state index contributed by atoms with van der Waals surface area (Å²) in [6.07, 6.45) is 5.38. The molecule has 0 aliphatic carbocycles. The predicted octanol–water partition coefficient (Wildman–Crippen LogP) is 4.25. The van der Waals surface area contributed by atoms with Gasteiger partial charge in [0.15, 0.2) is 6.73 Å². The molecule has 0 radical (unpaired) electrons. The van der Waals surface area contributed by atoms with Crippen LogP contribution in [0.2, 0.25) is 0 Å². The van der Waals surface area contributed by atoms with E-state index in [0.717, 1.165) is 29.4 Å². The van der Waals surface area contributed by atoms with Gasteiger partial charge < -0.3 is 14.6 Å². The van der Waals surface area contributed by atoms with E-state index in [-0.39, 0.29) is 35.8 Å². The zero-order chi connectivity index (χ0) is 23.4. The van der Waals surface area contributed by atoms with Crippen molar-refractivity contribution in [2.75, 3.05) is 0 Å². The van der Waals surface area contributed by atoms with Crippen molar-refractivity contribution in [2.45, 2.75) is 19.7 Å². The van der Waals surface area contributed by atoms with E-state index in [9.17, 15) is 19.3 Å². The van der Waals surface area contributed by atoms with E-state index in [4.69, 9.17) is 4.74 Å². The van der Waals surface area contributed by atoms with E-state index >= 15 is 0 Å². The van der Waals surface area contributed by atoms with Gasteiger partial charge in [0.1, 0.15) is 11.5 Å². The molecule has 1 amide bonds. The molecule has 0 spiro atoms. The number of halogens is 1. The number of amides is 1. The largest absolute Gasteiger partial charge is 0.464 e. The Morgan fingerprint density at radius 1 is 1.15 bits per heavy atom. The normalized spacial score (nSPS) is 11.7. The van der Waals surface area contributed by atoms with Crippen molar-refractivity contribution in [1.29, 1.82) is 0 Å². The third kappa shape index (κ3) is 5.06. The Kier molecular flexibility index (Phi) is 6.16. The van der Waals surface area contributed by atoms with E-state index in [1.165, 1.54) is 16.9 Å². The Labute approximate surface area is 188 Å². The van der Waals surface area contributed by atoms with Gasteiger partial charge in [-0.25, -0.2) is 9.07 Å². The van der Waals surface area contributed by atoms with E-state index < -0.39 is 10.7 Å². The molecule has 1 atom stereocenters. The molecule has 1 unspecified atom stereocenters. The Morgan fingerprint density at radius 2 is 1.94 bits per heavy atom. The first-order valence-electron chi connectivity index (χ1n) is 10.0. The van der Waals surface area contributed by atoms with Crippen molar-refractivity contribution in [3.63, 3.8) is 0 Å². The van der Waals surface area contributed by atoms with Gasteiger partial charge in [0.05, 0.1) is 11.0 Å². The molecule has 10 heteroatoms. The van der Waals surface area contributed by atoms with Crippen molar-refractivity contribution in [1.82, 2.24) is 19.7 Å². The topological polar surface area (TPSA) is 104 Å². The molecule has 0 aliphatic rings. The van der Waals surface area contributed by atoms with Crippen LogP contribution in [0.5, 0.6) is 5.75 Å². The fraction of sp³-hybridized carbons (Fsp3) is 0.130. The molecule has 2 aromatic carbocycles. The molecule has 9 nitrogen and oxygen atoms in total. The molecular weight excluding hydrogens is 429 g/mol. The molecule has 2 aromatic heterocycles. The highest BCUT2D eigenvalue weighted by Gasteiger charge is 2.17. The number of nitrogens with zero attached hydrogens (tertiary/aromatic N) is 4. The molecule has 0 bridgehead atoms. The van der Waals surface area contributed by atoms with Crippen LogP contribution in [-0.4, -0.2) is 25.2 Å². The quantitative estimate of drug-likeness (QED) is 0.320. The maximum Gasteiger partial charge on any atom is 0.311 e. The molecule has 0 aliphatic heterocycles. The summed E-state index contributed by atoms with van der Waals surface area (Å²) in [5, 5.41) is 18.1. The monoisotopic (exact) mass is 449 g/mol. The number of nitro benzene ring substituents is 1. The van der Waals surface area contributed by atoms with Crippen LogP contribution in [0, 0.1) is 15.9 Å². The summed E-state index contributed by atoms with van der Waals surface area (Å²) in [5.41, 5.74) is 1.69. The van der Waals surface area contributed by atoms with Crippen molar-refractivity contribution in [3.8, 4) is 11.4 Å². The summed E-state index contributed by atoms with van der Waals surface area (Å²) in [4.78, 5) is 23.1. The van der Waals surface area contributed by atoms with Crippen molar-refractivity contribution in [2.24, 2.45) is 0 Å². The molecular formula is C23H20FN5O4. The number of hydrogen-bond acceptors (Lipinski definition) is 5. The first-order valence-corrected chi connectivity index (χ1v) is 10.0. The second kappa shape index (κ2) is 9.35. The zero-order valence-electron chi connectivity index (χ0n) is 17.6. The number of aromatic nitrogens is 3. The van der Waals surface area contributed by atoms with Crippen LogP contribution in [0.25, 0.3) is 5.69 Å². The third-order valence-electron chi connectivity index (χ3n) is 4.96. The Bertz CT molecular complexity index is 1290. The second-order valence-electron chi connectivity index (χ2n) is 7.26. The molecule has 4 rings (SSSR count). The number of rotatable bonds is 8. The summed E-state index contributed by atoms with van der Waals surface area (Å²) in [5.74, 6) is -1.27. The Morgan fingerprint density at radius 3 is 2.70 bits per heavy atom. The molecule has 0 saturated carbocycles. The number of carbonyl (C=O) groups is 1. The van der Waals surface area contributed by atoms with Crippen LogP contribution in [0.15, 0.2) is 79.3 Å². The second-order valence-corrected chi connectivity index (χ2v) is 7.26. The fourth-order valence-corrected chi connectivity index (χ4v) is 3.26. The average molecular weight is 449 g/mol. The van der Waals surface area contributed by atoms with Gasteiger partial charge >= 0.3 is 5.69 Å². The zero-order valence-corrected chi connectivity index (χ0v) is 17.6. The van der Waals surface area contributed by atoms with Crippen LogP contribution in [0.4, 0.5) is 10.1 Å². The van der Waals surface area contributed by atoms with Gasteiger partial charge in [0.2, 0.25) is 5.75 Å². The van der Waals surface area contributed by atoms with E-state index in [1.807, 2.05) is 60.3 Å². The molecule has 0 fully saturated rings. The van der Waals surface area contributed by atoms with Gasteiger partial charge in [0, 0.05) is 36.4 Å². The summed E-state index contributed by atoms with van der Waals surface area (Å²) >= 11 is 0. The van der Waals surface area contributed by atoms with Crippen molar-refractivity contribution < 1.29 is 18.8 Å². The minimum atomic E-state index is -0.663. The average Bonchev–Trinajstić information content (AvgIpc) is 3.50. The summed E-state index contributed by atoms with van der Waals surface area (Å²) in [6.45, 7) is 1.64. The van der Waals surface area contributed by atoms with Crippen LogP contribution < -0.4 is 10.1 Å². The van der Waals surface area contributed by atoms with Gasteiger partial charge in [-0.3, -0.25) is 14.9 Å². The van der Waals surface area contributed by atoms with Crippen molar-refractivity contribution in [3.05, 3.63) is 106 Å². The van der Waals surface area contributed by atoms with Gasteiger partial charge in [0.25, 0.3) is 5.91 Å². The smallest absolute Gasteiger partial charge is 0.311 e. The summed E-state index contributed by atoms with van der Waals surface area (Å²) in [7, 11) is 0. The first kappa shape index (κ1) is 21.8. The minimum Gasteiger partial charge on any atom is -0.464 e. The Balaban J connectivity index is 1.40. The van der Waals surface area contributed by atoms with Gasteiger partial charge in [-0.05, 0) is 48.9 Å². The first-order chi connectivity index (χ1) is 15.9. The van der Waals surface area contributed by atoms with Crippen LogP contribution >= 0.6 is 0 Å². The number of nitrogens with one attached hydrogen (secondary N) is 1. The van der Waals surface area contributed by atoms with Crippen LogP contribution in [-0.2, 0) is 6.73 Å². The predicted molar refractivity (Wildman–Crippen MR) is 118 cm³/mol. The Hall–Kier alpha value is -4.47. The maximum atomic E-state index is 13.4. The lowest BCUT2D eigenvalue weighted by atomic mass is 10.1. The minimum absolute atomic E-state index is 0.153. The lowest BCUT2D eigenvalue weighted by Crippen LogP contribution is -2.27. The van der Waals surface area contributed by atoms with Gasteiger partial charge in [-0.1, -0.05) is 12.1 Å². The van der Waals surface area contributed by atoms with Crippen LogP contribution in [0.3, 0.4) is 0 Å². The lowest BCUT2D eigenvalue weighted by Gasteiger charge is -2.15. The lowest BCUT2D eigenvalue weighted by molar-refractivity contribution is -0.386. The number of carbonyl (C=O) groups excluding carboxylic acids is 1. The summed E-state index contributed by atoms with van der Waals surface area (Å²) in [6, 6.07) is 15.8. The standard InChI is InChI=1S/C23H20FN5O4/c1-16(17-5-4-6-19(13-17)27-10-2-3-11-27)25-23(30)20-9-12-28(26-20)15-33-22-14-18(24)7-8-21(22)29(31)32/h2-14,16H,15H2,1H3,(H,25,30). The molecule has 1 N–H and O–H groups in total. The molecule has 33 heavy (non-hydrogen) atoms. The van der Waals surface area contributed by atoms with Gasteiger partial charge in [-0.15, -0.1) is 0 Å². The fourth-order valence-electron chi connectivity index (χ4n) is 3.26. The third-order valence-corrected chi connectivity index (χ3v) is 4.96. The number of ether oxygens (including phenoxy) is 1. The summed E-state index contributed by atoms with van der Waals surface area (Å²) < 4.78 is 22.0.